The van der Waals surface area contributed by atoms with Gasteiger partial charge in [-0.05, 0) is 93.0 Å². The lowest BCUT2D eigenvalue weighted by atomic mass is 10.1. The van der Waals surface area contributed by atoms with Crippen LogP contribution < -0.4 is 0 Å². The zero-order valence-corrected chi connectivity index (χ0v) is 23.6. The number of rotatable bonds is 2. The van der Waals surface area contributed by atoms with Crippen LogP contribution in [-0.4, -0.2) is 9.97 Å². The first-order valence-electron chi connectivity index (χ1n) is 13.7. The molecule has 42 heavy (non-hydrogen) atoms. The fourth-order valence-electron chi connectivity index (χ4n) is 5.97. The molecule has 10 rings (SSSR count). The lowest BCUT2D eigenvalue weighted by molar-refractivity contribution is 0.631. The van der Waals surface area contributed by atoms with Crippen molar-refractivity contribution in [2.24, 2.45) is 0 Å². The minimum atomic E-state index is 0.802. The maximum absolute atomic E-state index is 6.27. The molecule has 0 N–H and O–H groups in total. The largest absolute Gasteiger partial charge is 0.454 e. The molecule has 0 saturated carbocycles. The van der Waals surface area contributed by atoms with E-state index in [1.165, 1.54) is 21.5 Å². The molecule has 0 aliphatic heterocycles. The summed E-state index contributed by atoms with van der Waals surface area (Å²) in [6.07, 6.45) is 0. The Kier molecular flexibility index (Phi) is 4.45. The van der Waals surface area contributed by atoms with Gasteiger partial charge in [-0.15, -0.1) is 22.7 Å². The van der Waals surface area contributed by atoms with Crippen molar-refractivity contribution < 1.29 is 8.83 Å². The fourth-order valence-corrected chi connectivity index (χ4v) is 7.87. The van der Waals surface area contributed by atoms with Crippen LogP contribution in [0.1, 0.15) is 0 Å². The Balaban J connectivity index is 1.06. The van der Waals surface area contributed by atoms with Crippen LogP contribution in [0.5, 0.6) is 0 Å². The van der Waals surface area contributed by atoms with Gasteiger partial charge in [0.15, 0.2) is 21.5 Å². The Morgan fingerprint density at radius 1 is 0.405 bits per heavy atom. The van der Waals surface area contributed by atoms with Gasteiger partial charge in [0.25, 0.3) is 0 Å². The van der Waals surface area contributed by atoms with Crippen molar-refractivity contribution in [1.29, 1.82) is 0 Å². The summed E-state index contributed by atoms with van der Waals surface area (Å²) < 4.78 is 14.8. The summed E-state index contributed by atoms with van der Waals surface area (Å²) in [5, 5.41) is 11.0. The molecule has 196 valence electrons. The van der Waals surface area contributed by atoms with E-state index in [2.05, 4.69) is 109 Å². The number of hydrogen-bond acceptors (Lipinski definition) is 6. The molecular weight excluding hydrogens is 557 g/mol. The summed E-state index contributed by atoms with van der Waals surface area (Å²) in [5.74, 6) is 1.60. The first kappa shape index (κ1) is 22.6. The van der Waals surface area contributed by atoms with Gasteiger partial charge in [-0.25, -0.2) is 9.97 Å². The molecule has 0 radical (unpaired) electrons. The third-order valence-corrected chi connectivity index (χ3v) is 10.1. The molecule has 6 heteroatoms. The Bertz CT molecular complexity index is 2350. The zero-order chi connectivity index (χ0) is 27.4. The first-order valence-corrected chi connectivity index (χ1v) is 15.3. The van der Waals surface area contributed by atoms with Gasteiger partial charge in [-0.1, -0.05) is 48.5 Å². The topological polar surface area (TPSA) is 52.1 Å². The van der Waals surface area contributed by atoms with E-state index in [1.807, 2.05) is 0 Å². The Morgan fingerprint density at radius 3 is 1.29 bits per heavy atom. The second-order valence-corrected chi connectivity index (χ2v) is 12.8. The number of benzene rings is 6. The third-order valence-electron chi connectivity index (χ3n) is 8.04. The van der Waals surface area contributed by atoms with Gasteiger partial charge in [0, 0.05) is 10.8 Å². The average Bonchev–Trinajstić information content (AvgIpc) is 3.79. The SMILES string of the molecule is c1ccc2cc3oc(-c4nc5cc6cc7sc(-c8cc9cc%10ccccc%10cc9o8)nc7cc6cc5s4)cc3cc2c1. The predicted molar refractivity (Wildman–Crippen MR) is 176 cm³/mol. The van der Waals surface area contributed by atoms with E-state index in [0.717, 1.165) is 74.7 Å². The minimum absolute atomic E-state index is 0.802. The van der Waals surface area contributed by atoms with Crippen LogP contribution in [0.4, 0.5) is 0 Å². The summed E-state index contributed by atoms with van der Waals surface area (Å²) in [7, 11) is 0. The van der Waals surface area contributed by atoms with Gasteiger partial charge in [0.1, 0.15) is 11.2 Å². The van der Waals surface area contributed by atoms with Gasteiger partial charge < -0.3 is 8.83 Å². The molecular formula is C36H18N2O2S2. The minimum Gasteiger partial charge on any atom is -0.454 e. The van der Waals surface area contributed by atoms with E-state index < -0.39 is 0 Å². The monoisotopic (exact) mass is 574 g/mol. The van der Waals surface area contributed by atoms with E-state index in [4.69, 9.17) is 18.8 Å². The van der Waals surface area contributed by atoms with Gasteiger partial charge in [0.2, 0.25) is 0 Å². The highest BCUT2D eigenvalue weighted by molar-refractivity contribution is 7.22. The van der Waals surface area contributed by atoms with Crippen LogP contribution in [0.15, 0.2) is 118 Å². The number of hydrogen-bond donors (Lipinski definition) is 0. The van der Waals surface area contributed by atoms with E-state index in [1.54, 1.807) is 22.7 Å². The van der Waals surface area contributed by atoms with Gasteiger partial charge in [-0.3, -0.25) is 0 Å². The second-order valence-electron chi connectivity index (χ2n) is 10.7. The van der Waals surface area contributed by atoms with Crippen LogP contribution in [0.2, 0.25) is 0 Å². The highest BCUT2D eigenvalue weighted by atomic mass is 32.1. The molecule has 4 aromatic heterocycles. The standard InChI is InChI=1S/C36H18N2O2S2/c1-3-7-21-13-29-25(9-19(21)5-1)15-31(39-29)35-37-27-11-23-18-34-28(12-24(23)17-33(27)41-35)38-36(42-34)32-16-26-10-20-6-2-4-8-22(20)14-30(26)40-32/h1-18H. The second kappa shape index (κ2) is 8.26. The molecule has 0 aliphatic carbocycles. The molecule has 6 aromatic carbocycles. The van der Waals surface area contributed by atoms with Crippen LogP contribution in [0, 0.1) is 0 Å². The normalized spacial score (nSPS) is 12.3. The number of thiazole rings is 2. The summed E-state index contributed by atoms with van der Waals surface area (Å²) in [5.41, 5.74) is 3.71. The predicted octanol–water partition coefficient (Wildman–Crippen LogP) is 11.2. The van der Waals surface area contributed by atoms with Crippen LogP contribution >= 0.6 is 22.7 Å². The molecule has 0 unspecified atom stereocenters. The van der Waals surface area contributed by atoms with Crippen LogP contribution in [0.25, 0.3) is 96.2 Å². The average molecular weight is 575 g/mol. The van der Waals surface area contributed by atoms with Gasteiger partial charge in [-0.2, -0.15) is 0 Å². The lowest BCUT2D eigenvalue weighted by Crippen LogP contribution is -1.76. The summed E-state index contributed by atoms with van der Waals surface area (Å²) >= 11 is 3.32. The van der Waals surface area contributed by atoms with E-state index in [-0.39, 0.29) is 0 Å². The first-order chi connectivity index (χ1) is 20.7. The molecule has 4 nitrogen and oxygen atoms in total. The van der Waals surface area contributed by atoms with Crippen molar-refractivity contribution in [3.05, 3.63) is 109 Å². The van der Waals surface area contributed by atoms with Crippen molar-refractivity contribution >= 4 is 97.4 Å². The summed E-state index contributed by atoms with van der Waals surface area (Å²) in [6.45, 7) is 0. The van der Waals surface area contributed by atoms with Gasteiger partial charge >= 0.3 is 0 Å². The van der Waals surface area contributed by atoms with Crippen molar-refractivity contribution in [1.82, 2.24) is 9.97 Å². The summed E-state index contributed by atoms with van der Waals surface area (Å²) in [6, 6.07) is 38.3. The van der Waals surface area contributed by atoms with Crippen LogP contribution in [0.3, 0.4) is 0 Å². The van der Waals surface area contributed by atoms with E-state index in [9.17, 15) is 0 Å². The van der Waals surface area contributed by atoms with Crippen molar-refractivity contribution in [3.8, 4) is 21.5 Å². The molecule has 0 spiro atoms. The molecule has 0 atom stereocenters. The zero-order valence-electron chi connectivity index (χ0n) is 21.9. The molecule has 0 fully saturated rings. The van der Waals surface area contributed by atoms with Crippen molar-refractivity contribution in [3.63, 3.8) is 0 Å². The van der Waals surface area contributed by atoms with Crippen molar-refractivity contribution in [2.75, 3.05) is 0 Å². The van der Waals surface area contributed by atoms with E-state index >= 15 is 0 Å². The molecule has 0 aliphatic rings. The Hall–Kier alpha value is -5.04. The highest BCUT2D eigenvalue weighted by Crippen LogP contribution is 2.40. The Morgan fingerprint density at radius 2 is 0.833 bits per heavy atom. The smallest absolute Gasteiger partial charge is 0.164 e. The molecule has 0 saturated heterocycles. The maximum Gasteiger partial charge on any atom is 0.164 e. The quantitative estimate of drug-likeness (QED) is 0.206. The summed E-state index contributed by atoms with van der Waals surface area (Å²) in [4.78, 5) is 9.95. The lowest BCUT2D eigenvalue weighted by Gasteiger charge is -1.97. The number of aromatic nitrogens is 2. The van der Waals surface area contributed by atoms with Crippen molar-refractivity contribution in [2.45, 2.75) is 0 Å². The third kappa shape index (κ3) is 3.40. The van der Waals surface area contributed by atoms with Gasteiger partial charge in [0.05, 0.1) is 20.4 Å². The highest BCUT2D eigenvalue weighted by Gasteiger charge is 2.16. The number of nitrogens with zero attached hydrogens (tertiary/aromatic N) is 2. The molecule has 0 amide bonds. The molecule has 4 heterocycles. The number of furan rings is 2. The van der Waals surface area contributed by atoms with Crippen LogP contribution in [-0.2, 0) is 0 Å². The maximum atomic E-state index is 6.27. The number of fused-ring (bicyclic) bond motifs is 7. The molecule has 10 aromatic rings. The van der Waals surface area contributed by atoms with E-state index in [0.29, 0.717) is 0 Å². The molecule has 0 bridgehead atoms. The fraction of sp³-hybridized carbons (Fsp3) is 0. The Labute approximate surface area is 246 Å².